The van der Waals surface area contributed by atoms with E-state index in [4.69, 9.17) is 16.3 Å². The van der Waals surface area contributed by atoms with E-state index < -0.39 is 12.4 Å². The number of esters is 1. The van der Waals surface area contributed by atoms with Crippen LogP contribution >= 0.6 is 11.6 Å². The van der Waals surface area contributed by atoms with Crippen LogP contribution in [0.1, 0.15) is 30.3 Å². The fraction of sp³-hybridized carbons (Fsp3) is 0.455. The molecule has 0 atom stereocenters. The number of carbonyl (C=O) groups excluding carboxylic acids is 1. The second-order valence-electron chi connectivity index (χ2n) is 3.40. The summed E-state index contributed by atoms with van der Waals surface area (Å²) in [4.78, 5) is 14.9. The van der Waals surface area contributed by atoms with Crippen molar-refractivity contribution in [3.8, 4) is 0 Å². The Kier molecular flexibility index (Phi) is 4.81. The van der Waals surface area contributed by atoms with Gasteiger partial charge in [-0.25, -0.2) is 13.8 Å². The quantitative estimate of drug-likeness (QED) is 0.784. The Morgan fingerprint density at radius 2 is 2.24 bits per heavy atom. The van der Waals surface area contributed by atoms with Crippen molar-refractivity contribution in [3.63, 3.8) is 0 Å². The molecule has 94 valence electrons. The Morgan fingerprint density at radius 1 is 1.59 bits per heavy atom. The Morgan fingerprint density at radius 3 is 2.76 bits per heavy atom. The zero-order valence-corrected chi connectivity index (χ0v) is 10.2. The van der Waals surface area contributed by atoms with Crippen molar-refractivity contribution in [2.45, 2.75) is 26.7 Å². The smallest absolute Gasteiger partial charge is 0.311 e. The van der Waals surface area contributed by atoms with Crippen molar-refractivity contribution < 1.29 is 18.3 Å². The number of carbonyl (C=O) groups is 1. The average molecular weight is 264 g/mol. The summed E-state index contributed by atoms with van der Waals surface area (Å²) in [7, 11) is 0. The largest absolute Gasteiger partial charge is 0.466 e. The van der Waals surface area contributed by atoms with Gasteiger partial charge in [-0.3, -0.25) is 4.79 Å². The summed E-state index contributed by atoms with van der Waals surface area (Å²) in [6, 6.07) is 1.38. The lowest BCUT2D eigenvalue weighted by molar-refractivity contribution is -0.142. The zero-order chi connectivity index (χ0) is 13.0. The third kappa shape index (κ3) is 3.63. The molecule has 0 saturated carbocycles. The predicted octanol–water partition coefficient (Wildman–Crippen LogP) is 3.09. The van der Waals surface area contributed by atoms with Gasteiger partial charge in [0.2, 0.25) is 0 Å². The van der Waals surface area contributed by atoms with Crippen LogP contribution in [0.25, 0.3) is 0 Å². The summed E-state index contributed by atoms with van der Waals surface area (Å²) < 4.78 is 29.9. The second kappa shape index (κ2) is 5.91. The van der Waals surface area contributed by atoms with Gasteiger partial charge in [0.25, 0.3) is 6.43 Å². The van der Waals surface area contributed by atoms with Crippen molar-refractivity contribution in [2.24, 2.45) is 0 Å². The van der Waals surface area contributed by atoms with Crippen molar-refractivity contribution in [1.29, 1.82) is 0 Å². The average Bonchev–Trinajstić information content (AvgIpc) is 2.21. The minimum Gasteiger partial charge on any atom is -0.466 e. The van der Waals surface area contributed by atoms with Crippen LogP contribution in [0.15, 0.2) is 6.07 Å². The lowest BCUT2D eigenvalue weighted by Gasteiger charge is -2.09. The number of aromatic nitrogens is 1. The number of hydrogen-bond acceptors (Lipinski definition) is 3. The highest BCUT2D eigenvalue weighted by atomic mass is 35.5. The van der Waals surface area contributed by atoms with Gasteiger partial charge < -0.3 is 4.74 Å². The highest BCUT2D eigenvalue weighted by molar-refractivity contribution is 6.31. The van der Waals surface area contributed by atoms with Gasteiger partial charge in [0.15, 0.2) is 0 Å². The SMILES string of the molecule is CCOC(=O)Cc1nc(C(F)F)c(C)cc1Cl. The van der Waals surface area contributed by atoms with Gasteiger partial charge in [-0.2, -0.15) is 0 Å². The molecule has 0 saturated heterocycles. The van der Waals surface area contributed by atoms with Crippen molar-refractivity contribution >= 4 is 17.6 Å². The molecule has 0 aliphatic rings. The van der Waals surface area contributed by atoms with Crippen LogP contribution in [0, 0.1) is 6.92 Å². The standard InChI is InChI=1S/C11H12ClF2NO2/c1-3-17-9(16)5-8-7(12)4-6(2)10(15-8)11(13)14/h4,11H,3,5H2,1-2H3. The molecule has 1 aromatic heterocycles. The summed E-state index contributed by atoms with van der Waals surface area (Å²) in [5.41, 5.74) is 0.0670. The Labute approximate surface area is 103 Å². The number of hydrogen-bond donors (Lipinski definition) is 0. The molecule has 0 N–H and O–H groups in total. The Balaban J connectivity index is 2.99. The molecule has 0 amide bonds. The van der Waals surface area contributed by atoms with Crippen LogP contribution in [0.2, 0.25) is 5.02 Å². The number of halogens is 3. The predicted molar refractivity (Wildman–Crippen MR) is 59.3 cm³/mol. The Hall–Kier alpha value is -1.23. The first-order valence-electron chi connectivity index (χ1n) is 5.05. The molecule has 0 bridgehead atoms. The summed E-state index contributed by atoms with van der Waals surface area (Å²) in [5, 5.41) is 0.194. The van der Waals surface area contributed by atoms with Gasteiger partial charge in [0, 0.05) is 0 Å². The highest BCUT2D eigenvalue weighted by Gasteiger charge is 2.17. The maximum absolute atomic E-state index is 12.6. The molecule has 0 aliphatic heterocycles. The number of ether oxygens (including phenoxy) is 1. The molecule has 0 fully saturated rings. The molecular weight excluding hydrogens is 252 g/mol. The van der Waals surface area contributed by atoms with E-state index in [9.17, 15) is 13.6 Å². The van der Waals surface area contributed by atoms with Crippen LogP contribution in [-0.2, 0) is 16.0 Å². The van der Waals surface area contributed by atoms with Gasteiger partial charge in [-0.1, -0.05) is 11.6 Å². The highest BCUT2D eigenvalue weighted by Crippen LogP contribution is 2.25. The van der Waals surface area contributed by atoms with Crippen molar-refractivity contribution in [1.82, 2.24) is 4.98 Å². The molecule has 1 heterocycles. The summed E-state index contributed by atoms with van der Waals surface area (Å²) in [6.07, 6.45) is -2.89. The maximum atomic E-state index is 12.6. The van der Waals surface area contributed by atoms with Crippen LogP contribution in [0.3, 0.4) is 0 Å². The van der Waals surface area contributed by atoms with Gasteiger partial charge >= 0.3 is 5.97 Å². The number of alkyl halides is 2. The van der Waals surface area contributed by atoms with E-state index >= 15 is 0 Å². The van der Waals surface area contributed by atoms with Gasteiger partial charge in [0.1, 0.15) is 5.69 Å². The van der Waals surface area contributed by atoms with E-state index in [-0.39, 0.29) is 29.4 Å². The third-order valence-electron chi connectivity index (χ3n) is 2.10. The molecular formula is C11H12ClF2NO2. The molecule has 0 aromatic carbocycles. The molecule has 0 unspecified atom stereocenters. The first-order chi connectivity index (χ1) is 7.95. The molecule has 3 nitrogen and oxygen atoms in total. The van der Waals surface area contributed by atoms with E-state index in [1.54, 1.807) is 6.92 Å². The van der Waals surface area contributed by atoms with Crippen LogP contribution < -0.4 is 0 Å². The van der Waals surface area contributed by atoms with E-state index in [2.05, 4.69) is 4.98 Å². The molecule has 0 radical (unpaired) electrons. The van der Waals surface area contributed by atoms with Crippen molar-refractivity contribution in [2.75, 3.05) is 6.61 Å². The molecule has 1 rings (SSSR count). The first kappa shape index (κ1) is 13.8. The molecule has 6 heteroatoms. The van der Waals surface area contributed by atoms with Crippen LogP contribution in [0.5, 0.6) is 0 Å². The fourth-order valence-electron chi connectivity index (χ4n) is 1.33. The molecule has 1 aromatic rings. The normalized spacial score (nSPS) is 10.7. The fourth-order valence-corrected chi connectivity index (χ4v) is 1.60. The zero-order valence-electron chi connectivity index (χ0n) is 9.47. The van der Waals surface area contributed by atoms with E-state index in [1.165, 1.54) is 13.0 Å². The summed E-state index contributed by atoms with van der Waals surface area (Å²) in [5.74, 6) is -0.536. The third-order valence-corrected chi connectivity index (χ3v) is 2.43. The van der Waals surface area contributed by atoms with Crippen LogP contribution in [-0.4, -0.2) is 17.6 Å². The first-order valence-corrected chi connectivity index (χ1v) is 5.43. The van der Waals surface area contributed by atoms with Crippen LogP contribution in [0.4, 0.5) is 8.78 Å². The van der Waals surface area contributed by atoms with E-state index in [0.717, 1.165) is 0 Å². The van der Waals surface area contributed by atoms with Gasteiger partial charge in [-0.05, 0) is 25.5 Å². The monoisotopic (exact) mass is 263 g/mol. The minimum absolute atomic E-state index is 0.117. The topological polar surface area (TPSA) is 39.2 Å². The van der Waals surface area contributed by atoms with E-state index in [0.29, 0.717) is 5.56 Å². The number of aryl methyl sites for hydroxylation is 1. The maximum Gasteiger partial charge on any atom is 0.311 e. The second-order valence-corrected chi connectivity index (χ2v) is 3.81. The molecule has 17 heavy (non-hydrogen) atoms. The lowest BCUT2D eigenvalue weighted by atomic mass is 10.1. The summed E-state index contributed by atoms with van der Waals surface area (Å²) in [6.45, 7) is 3.38. The Bertz CT molecular complexity index is 424. The van der Waals surface area contributed by atoms with Gasteiger partial charge in [-0.15, -0.1) is 0 Å². The van der Waals surface area contributed by atoms with Gasteiger partial charge in [0.05, 0.1) is 23.7 Å². The minimum atomic E-state index is -2.69. The molecule has 0 aliphatic carbocycles. The molecule has 0 spiro atoms. The lowest BCUT2D eigenvalue weighted by Crippen LogP contribution is -2.11. The number of nitrogens with zero attached hydrogens (tertiary/aromatic N) is 1. The number of pyridine rings is 1. The van der Waals surface area contributed by atoms with Crippen molar-refractivity contribution in [3.05, 3.63) is 28.0 Å². The summed E-state index contributed by atoms with van der Waals surface area (Å²) >= 11 is 5.84. The van der Waals surface area contributed by atoms with E-state index in [1.807, 2.05) is 0 Å². The number of rotatable bonds is 4.